The minimum atomic E-state index is -1.20. The van der Waals surface area contributed by atoms with Crippen LogP contribution in [0.3, 0.4) is 0 Å². The highest BCUT2D eigenvalue weighted by molar-refractivity contribution is 9.10. The van der Waals surface area contributed by atoms with Gasteiger partial charge in [0.15, 0.2) is 0 Å². The van der Waals surface area contributed by atoms with E-state index in [0.717, 1.165) is 6.07 Å². The lowest BCUT2D eigenvalue weighted by Gasteiger charge is -2.11. The Morgan fingerprint density at radius 2 is 1.90 bits per heavy atom. The number of benzene rings is 2. The quantitative estimate of drug-likeness (QED) is 0.727. The van der Waals surface area contributed by atoms with Gasteiger partial charge in [0.2, 0.25) is 0 Å². The van der Waals surface area contributed by atoms with E-state index < -0.39 is 11.8 Å². The molecular weight excluding hydrogens is 374 g/mol. The second-order valence-electron chi connectivity index (χ2n) is 3.74. The largest absolute Gasteiger partial charge is 0.478 e. The Labute approximate surface area is 132 Å². The summed E-state index contributed by atoms with van der Waals surface area (Å²) in [5.41, 5.74) is -0.125. The van der Waals surface area contributed by atoms with Crippen LogP contribution < -0.4 is 4.74 Å². The summed E-state index contributed by atoms with van der Waals surface area (Å²) in [5, 5.41) is 9.28. The van der Waals surface area contributed by atoms with Crippen LogP contribution >= 0.6 is 39.1 Å². The Morgan fingerprint density at radius 3 is 2.55 bits per heavy atom. The van der Waals surface area contributed by atoms with Crippen molar-refractivity contribution in [3.63, 3.8) is 0 Å². The molecular formula is C13H6BrCl2FO3. The predicted octanol–water partition coefficient (Wildman–Crippen LogP) is 5.39. The van der Waals surface area contributed by atoms with Gasteiger partial charge < -0.3 is 9.84 Å². The number of ether oxygens (including phenoxy) is 1. The molecule has 2 aromatic rings. The van der Waals surface area contributed by atoms with Crippen LogP contribution in [-0.4, -0.2) is 11.1 Å². The molecule has 3 nitrogen and oxygen atoms in total. The molecule has 1 N–H and O–H groups in total. The van der Waals surface area contributed by atoms with Crippen LogP contribution in [0.15, 0.2) is 34.8 Å². The summed E-state index contributed by atoms with van der Waals surface area (Å²) in [6.07, 6.45) is 0. The third kappa shape index (κ3) is 3.23. The first-order valence-corrected chi connectivity index (χ1v) is 6.78. The molecule has 0 aromatic heterocycles. The van der Waals surface area contributed by atoms with Gasteiger partial charge in [0.1, 0.15) is 22.9 Å². The minimum Gasteiger partial charge on any atom is -0.478 e. The van der Waals surface area contributed by atoms with Crippen molar-refractivity contribution in [2.45, 2.75) is 0 Å². The van der Waals surface area contributed by atoms with E-state index in [4.69, 9.17) is 33.0 Å². The van der Waals surface area contributed by atoms with E-state index >= 15 is 0 Å². The van der Waals surface area contributed by atoms with Gasteiger partial charge in [0.25, 0.3) is 0 Å². The summed E-state index contributed by atoms with van der Waals surface area (Å²) >= 11 is 14.5. The highest BCUT2D eigenvalue weighted by atomic mass is 79.9. The molecule has 20 heavy (non-hydrogen) atoms. The minimum absolute atomic E-state index is 0.0457. The Balaban J connectivity index is 2.45. The van der Waals surface area contributed by atoms with Crippen LogP contribution in [0.4, 0.5) is 4.39 Å². The van der Waals surface area contributed by atoms with Gasteiger partial charge in [-0.25, -0.2) is 9.18 Å². The van der Waals surface area contributed by atoms with Gasteiger partial charge >= 0.3 is 5.97 Å². The van der Waals surface area contributed by atoms with E-state index in [1.807, 2.05) is 0 Å². The van der Waals surface area contributed by atoms with Crippen LogP contribution in [0.5, 0.6) is 11.5 Å². The zero-order valence-electron chi connectivity index (χ0n) is 9.66. The Kier molecular flexibility index (Phi) is 4.52. The maximum Gasteiger partial charge on any atom is 0.339 e. The summed E-state index contributed by atoms with van der Waals surface area (Å²) < 4.78 is 19.2. The van der Waals surface area contributed by atoms with Crippen molar-refractivity contribution in [2.24, 2.45) is 0 Å². The van der Waals surface area contributed by atoms with Crippen molar-refractivity contribution in [1.82, 2.24) is 0 Å². The summed E-state index contributed by atoms with van der Waals surface area (Å²) in [5.74, 6) is -1.72. The summed E-state index contributed by atoms with van der Waals surface area (Å²) in [7, 11) is 0. The second kappa shape index (κ2) is 5.99. The van der Waals surface area contributed by atoms with Crippen LogP contribution in [0.1, 0.15) is 10.4 Å². The number of carboxylic acid groups (broad SMARTS) is 1. The SMILES string of the molecule is O=C(O)c1cc(Cl)ccc1Oc1cc(F)c(Cl)cc1Br. The highest BCUT2D eigenvalue weighted by Crippen LogP contribution is 2.35. The number of halogens is 4. The second-order valence-corrected chi connectivity index (χ2v) is 5.44. The van der Waals surface area contributed by atoms with Crippen LogP contribution in [-0.2, 0) is 0 Å². The molecule has 2 rings (SSSR count). The molecule has 0 atom stereocenters. The Hall–Kier alpha value is -1.30. The third-order valence-electron chi connectivity index (χ3n) is 2.37. The lowest BCUT2D eigenvalue weighted by Crippen LogP contribution is -2.00. The topological polar surface area (TPSA) is 46.5 Å². The van der Waals surface area contributed by atoms with Gasteiger partial charge in [0.05, 0.1) is 9.50 Å². The zero-order chi connectivity index (χ0) is 14.9. The average molecular weight is 380 g/mol. The predicted molar refractivity (Wildman–Crippen MR) is 77.6 cm³/mol. The van der Waals surface area contributed by atoms with E-state index in [1.54, 1.807) is 0 Å². The van der Waals surface area contributed by atoms with Gasteiger partial charge in [-0.2, -0.15) is 0 Å². The molecule has 7 heteroatoms. The number of carbonyl (C=O) groups is 1. The summed E-state index contributed by atoms with van der Waals surface area (Å²) in [4.78, 5) is 11.1. The molecule has 0 fully saturated rings. The first-order chi connectivity index (χ1) is 9.38. The van der Waals surface area contributed by atoms with Crippen LogP contribution in [0.2, 0.25) is 10.0 Å². The number of aromatic carboxylic acids is 1. The molecule has 0 saturated carbocycles. The Bertz CT molecular complexity index is 692. The van der Waals surface area contributed by atoms with Crippen LogP contribution in [0, 0.1) is 5.82 Å². The lowest BCUT2D eigenvalue weighted by molar-refractivity contribution is 0.0694. The number of carboxylic acids is 1. The van der Waals surface area contributed by atoms with E-state index in [0.29, 0.717) is 4.47 Å². The van der Waals surface area contributed by atoms with Gasteiger partial charge in [0, 0.05) is 11.1 Å². The monoisotopic (exact) mass is 378 g/mol. The first-order valence-electron chi connectivity index (χ1n) is 5.23. The molecule has 0 unspecified atom stereocenters. The van der Waals surface area contributed by atoms with Crippen molar-refractivity contribution in [3.05, 3.63) is 56.2 Å². The van der Waals surface area contributed by atoms with Gasteiger partial charge in [-0.05, 0) is 40.2 Å². The standard InChI is InChI=1S/C13H6BrCl2FO3/c14-8-4-9(16)10(17)5-12(8)20-11-2-1-6(15)3-7(11)13(18)19/h1-5H,(H,18,19). The van der Waals surface area contributed by atoms with Crippen molar-refractivity contribution in [2.75, 3.05) is 0 Å². The molecule has 2 aromatic carbocycles. The van der Waals surface area contributed by atoms with Crippen molar-refractivity contribution in [3.8, 4) is 11.5 Å². The molecule has 0 spiro atoms. The van der Waals surface area contributed by atoms with Crippen molar-refractivity contribution < 1.29 is 19.0 Å². The molecule has 0 saturated heterocycles. The highest BCUT2D eigenvalue weighted by Gasteiger charge is 2.15. The summed E-state index contributed by atoms with van der Waals surface area (Å²) in [6.45, 7) is 0. The Morgan fingerprint density at radius 1 is 1.20 bits per heavy atom. The number of rotatable bonds is 3. The molecule has 0 radical (unpaired) electrons. The maximum atomic E-state index is 13.4. The van der Waals surface area contributed by atoms with E-state index in [1.165, 1.54) is 24.3 Å². The third-order valence-corrected chi connectivity index (χ3v) is 3.51. The van der Waals surface area contributed by atoms with Gasteiger partial charge in [-0.1, -0.05) is 23.2 Å². The first kappa shape index (κ1) is 15.1. The fourth-order valence-electron chi connectivity index (χ4n) is 1.46. The smallest absolute Gasteiger partial charge is 0.339 e. The fraction of sp³-hybridized carbons (Fsp3) is 0. The lowest BCUT2D eigenvalue weighted by atomic mass is 10.2. The summed E-state index contributed by atoms with van der Waals surface area (Å²) in [6, 6.07) is 6.50. The number of hydrogen-bond donors (Lipinski definition) is 1. The number of hydrogen-bond acceptors (Lipinski definition) is 2. The maximum absolute atomic E-state index is 13.4. The van der Waals surface area contributed by atoms with Crippen LogP contribution in [0.25, 0.3) is 0 Å². The molecule has 0 amide bonds. The normalized spacial score (nSPS) is 10.4. The van der Waals surface area contributed by atoms with E-state index in [2.05, 4.69) is 15.9 Å². The van der Waals surface area contributed by atoms with E-state index in [9.17, 15) is 9.18 Å². The van der Waals surface area contributed by atoms with Gasteiger partial charge in [-0.15, -0.1) is 0 Å². The fourth-order valence-corrected chi connectivity index (χ4v) is 2.35. The van der Waals surface area contributed by atoms with Crippen molar-refractivity contribution >= 4 is 45.1 Å². The van der Waals surface area contributed by atoms with E-state index in [-0.39, 0.29) is 27.1 Å². The average Bonchev–Trinajstić information content (AvgIpc) is 2.37. The van der Waals surface area contributed by atoms with Gasteiger partial charge in [-0.3, -0.25) is 0 Å². The molecule has 0 bridgehead atoms. The molecule has 0 aliphatic carbocycles. The van der Waals surface area contributed by atoms with Crippen molar-refractivity contribution in [1.29, 1.82) is 0 Å². The molecule has 0 aliphatic heterocycles. The molecule has 104 valence electrons. The zero-order valence-corrected chi connectivity index (χ0v) is 12.8. The molecule has 0 aliphatic rings. The molecule has 0 heterocycles.